The van der Waals surface area contributed by atoms with Crippen LogP contribution in [0.25, 0.3) is 10.9 Å². The Morgan fingerprint density at radius 3 is 2.58 bits per heavy atom. The van der Waals surface area contributed by atoms with Crippen molar-refractivity contribution < 1.29 is 24.2 Å². The maximum absolute atomic E-state index is 12.2. The molecule has 0 bridgehead atoms. The quantitative estimate of drug-likeness (QED) is 0.601. The number of hydrogen-bond donors (Lipinski definition) is 1. The number of ether oxygens (including phenoxy) is 2. The Bertz CT molecular complexity index is 1010. The van der Waals surface area contributed by atoms with Crippen molar-refractivity contribution in [2.75, 3.05) is 20.3 Å². The molecule has 0 unspecified atom stereocenters. The Labute approximate surface area is 195 Å². The summed E-state index contributed by atoms with van der Waals surface area (Å²) >= 11 is 0. The van der Waals surface area contributed by atoms with Crippen LogP contribution in [-0.4, -0.2) is 52.9 Å². The summed E-state index contributed by atoms with van der Waals surface area (Å²) in [5, 5.41) is 10.6. The molecule has 1 aromatic carbocycles. The number of fused-ring (bicyclic) bond motifs is 1. The molecule has 7 heteroatoms. The van der Waals surface area contributed by atoms with Crippen LogP contribution < -0.4 is 4.74 Å². The van der Waals surface area contributed by atoms with Gasteiger partial charge in [0.25, 0.3) is 0 Å². The molecule has 180 valence electrons. The van der Waals surface area contributed by atoms with Gasteiger partial charge in [0.05, 0.1) is 25.2 Å². The monoisotopic (exact) mass is 456 g/mol. The fourth-order valence-electron chi connectivity index (χ4n) is 6.02. The highest BCUT2D eigenvalue weighted by atomic mass is 16.5. The van der Waals surface area contributed by atoms with Crippen molar-refractivity contribution in [2.24, 2.45) is 11.8 Å². The molecule has 1 saturated heterocycles. The highest BCUT2D eigenvalue weighted by Gasteiger charge is 2.35. The first-order chi connectivity index (χ1) is 15.9. The number of hydrogen-bond acceptors (Lipinski definition) is 5. The zero-order valence-corrected chi connectivity index (χ0v) is 20.0. The van der Waals surface area contributed by atoms with Gasteiger partial charge in [0.1, 0.15) is 5.75 Å². The minimum atomic E-state index is -0.974. The van der Waals surface area contributed by atoms with Gasteiger partial charge in [0.2, 0.25) is 0 Å². The fraction of sp³-hybridized carbons (Fsp3) is 0.615. The zero-order chi connectivity index (χ0) is 23.5. The largest absolute Gasteiger partial charge is 0.496 e. The van der Waals surface area contributed by atoms with Crippen molar-refractivity contribution in [3.8, 4) is 5.75 Å². The minimum absolute atomic E-state index is 0.0359. The van der Waals surface area contributed by atoms with Crippen LogP contribution in [0.15, 0.2) is 18.3 Å². The molecule has 2 fully saturated rings. The molecule has 1 saturated carbocycles. The van der Waals surface area contributed by atoms with E-state index in [0.717, 1.165) is 66.6 Å². The number of likely N-dealkylation sites (tertiary alicyclic amines) is 1. The van der Waals surface area contributed by atoms with Crippen molar-refractivity contribution in [1.82, 2.24) is 9.47 Å². The lowest BCUT2D eigenvalue weighted by atomic mass is 9.76. The van der Waals surface area contributed by atoms with Gasteiger partial charge in [-0.25, -0.2) is 4.79 Å². The van der Waals surface area contributed by atoms with Crippen LogP contribution in [0.4, 0.5) is 4.79 Å². The maximum Gasteiger partial charge on any atom is 0.416 e. The lowest BCUT2D eigenvalue weighted by Gasteiger charge is -2.43. The van der Waals surface area contributed by atoms with Gasteiger partial charge in [0.15, 0.2) is 0 Å². The molecule has 4 rings (SSSR count). The summed E-state index contributed by atoms with van der Waals surface area (Å²) in [6.07, 6.45) is 8.16. The van der Waals surface area contributed by atoms with Crippen LogP contribution in [0.5, 0.6) is 5.75 Å². The second-order valence-corrected chi connectivity index (χ2v) is 9.50. The minimum Gasteiger partial charge on any atom is -0.496 e. The predicted octanol–water partition coefficient (Wildman–Crippen LogP) is 5.21. The normalized spacial score (nSPS) is 24.0. The lowest BCUT2D eigenvalue weighted by Crippen LogP contribution is -2.45. The Morgan fingerprint density at radius 2 is 1.91 bits per heavy atom. The number of rotatable bonds is 6. The number of carbonyl (C=O) groups is 2. The number of carbonyl (C=O) groups excluding carboxylic acids is 1. The van der Waals surface area contributed by atoms with Gasteiger partial charge in [-0.2, -0.15) is 0 Å². The molecule has 2 heterocycles. The van der Waals surface area contributed by atoms with Crippen LogP contribution >= 0.6 is 0 Å². The van der Waals surface area contributed by atoms with Crippen molar-refractivity contribution in [1.29, 1.82) is 0 Å². The van der Waals surface area contributed by atoms with E-state index in [0.29, 0.717) is 18.6 Å². The van der Waals surface area contributed by atoms with Gasteiger partial charge in [-0.05, 0) is 82.5 Å². The lowest BCUT2D eigenvalue weighted by molar-refractivity contribution is -0.149. The second-order valence-electron chi connectivity index (χ2n) is 9.50. The number of methoxy groups -OCH3 is 1. The number of aryl methyl sites for hydroxylation is 1. The Hall–Kier alpha value is -2.54. The average Bonchev–Trinajstić information content (AvgIpc) is 3.28. The van der Waals surface area contributed by atoms with E-state index < -0.39 is 6.09 Å². The Kier molecular flexibility index (Phi) is 7.27. The van der Waals surface area contributed by atoms with Gasteiger partial charge in [-0.15, -0.1) is 0 Å². The summed E-state index contributed by atoms with van der Waals surface area (Å²) in [5.74, 6) is 1.40. The third-order valence-electron chi connectivity index (χ3n) is 7.62. The Balaban J connectivity index is 1.57. The van der Waals surface area contributed by atoms with E-state index >= 15 is 0 Å². The summed E-state index contributed by atoms with van der Waals surface area (Å²) in [4.78, 5) is 26.5. The van der Waals surface area contributed by atoms with Gasteiger partial charge < -0.3 is 14.6 Å². The zero-order valence-electron chi connectivity index (χ0n) is 20.0. The molecule has 0 spiro atoms. The van der Waals surface area contributed by atoms with E-state index in [1.54, 1.807) is 13.3 Å². The standard InChI is InChI=1S/C26H36N2O5/c1-4-33-25(29)19-10-8-18(9-11-19)22-7-5-6-13-27(22)16-21-20-12-14-28(26(30)31)24(20)17(2)15-23(21)32-3/h12,14-15,18-19,22H,4-11,13,16H2,1-3H3,(H,30,31)/t18?,19?,22-/m0/s1. The third kappa shape index (κ3) is 4.74. The predicted molar refractivity (Wildman–Crippen MR) is 127 cm³/mol. The van der Waals surface area contributed by atoms with Gasteiger partial charge >= 0.3 is 12.1 Å². The topological polar surface area (TPSA) is 81.0 Å². The molecule has 1 N–H and O–H groups in total. The summed E-state index contributed by atoms with van der Waals surface area (Å²) in [5.41, 5.74) is 2.69. The van der Waals surface area contributed by atoms with E-state index in [1.807, 2.05) is 26.0 Å². The van der Waals surface area contributed by atoms with E-state index in [9.17, 15) is 14.7 Å². The van der Waals surface area contributed by atoms with Crippen molar-refractivity contribution in [3.05, 3.63) is 29.5 Å². The first-order valence-electron chi connectivity index (χ1n) is 12.3. The van der Waals surface area contributed by atoms with Crippen molar-refractivity contribution in [3.63, 3.8) is 0 Å². The average molecular weight is 457 g/mol. The first kappa shape index (κ1) is 23.6. The molecule has 1 atom stereocenters. The van der Waals surface area contributed by atoms with E-state index in [1.165, 1.54) is 23.8 Å². The molecule has 1 aromatic heterocycles. The molecule has 1 aliphatic carbocycles. The highest BCUT2D eigenvalue weighted by molar-refractivity contribution is 5.94. The van der Waals surface area contributed by atoms with Crippen molar-refractivity contribution >= 4 is 23.0 Å². The molecule has 7 nitrogen and oxygen atoms in total. The molecular formula is C26H36N2O5. The van der Waals surface area contributed by atoms with Gasteiger partial charge in [-0.3, -0.25) is 14.3 Å². The Morgan fingerprint density at radius 1 is 1.15 bits per heavy atom. The SMILES string of the molecule is CCOC(=O)C1CCC([C@@H]2CCCCN2Cc2c(OC)cc(C)c3c2ccn3C(=O)O)CC1. The second kappa shape index (κ2) is 10.2. The van der Waals surface area contributed by atoms with Crippen LogP contribution in [-0.2, 0) is 16.1 Å². The molecule has 2 aromatic rings. The third-order valence-corrected chi connectivity index (χ3v) is 7.62. The van der Waals surface area contributed by atoms with E-state index in [2.05, 4.69) is 4.90 Å². The summed E-state index contributed by atoms with van der Waals surface area (Å²) in [7, 11) is 1.68. The van der Waals surface area contributed by atoms with Crippen LogP contribution in [0.2, 0.25) is 0 Å². The van der Waals surface area contributed by atoms with Gasteiger partial charge in [0, 0.05) is 29.7 Å². The van der Waals surface area contributed by atoms with Crippen LogP contribution in [0.1, 0.15) is 63.0 Å². The number of carboxylic acid groups (broad SMARTS) is 1. The molecule has 0 radical (unpaired) electrons. The number of benzene rings is 1. The molecule has 2 aliphatic rings. The smallest absolute Gasteiger partial charge is 0.416 e. The van der Waals surface area contributed by atoms with Crippen LogP contribution in [0, 0.1) is 18.8 Å². The summed E-state index contributed by atoms with van der Waals surface area (Å²) < 4.78 is 12.3. The highest BCUT2D eigenvalue weighted by Crippen LogP contribution is 2.39. The number of nitrogens with zero attached hydrogens (tertiary/aromatic N) is 2. The van der Waals surface area contributed by atoms with Gasteiger partial charge in [-0.1, -0.05) is 6.42 Å². The fourth-order valence-corrected chi connectivity index (χ4v) is 6.02. The number of esters is 1. The van der Waals surface area contributed by atoms with E-state index in [4.69, 9.17) is 9.47 Å². The molecule has 0 amide bonds. The summed E-state index contributed by atoms with van der Waals surface area (Å²) in [6, 6.07) is 4.34. The first-order valence-corrected chi connectivity index (χ1v) is 12.3. The molecular weight excluding hydrogens is 420 g/mol. The van der Waals surface area contributed by atoms with E-state index in [-0.39, 0.29) is 11.9 Å². The maximum atomic E-state index is 12.2. The van der Waals surface area contributed by atoms with Crippen LogP contribution in [0.3, 0.4) is 0 Å². The molecule has 33 heavy (non-hydrogen) atoms. The van der Waals surface area contributed by atoms with Crippen molar-refractivity contribution in [2.45, 2.75) is 71.4 Å². The summed E-state index contributed by atoms with van der Waals surface area (Å²) in [6.45, 7) is 6.02. The number of aromatic nitrogens is 1. The molecule has 1 aliphatic heterocycles. The number of piperidine rings is 1.